The summed E-state index contributed by atoms with van der Waals surface area (Å²) in [6.07, 6.45) is -0.453. The first-order valence-electron chi connectivity index (χ1n) is 5.98. The van der Waals surface area contributed by atoms with E-state index in [0.717, 1.165) is 4.88 Å². The van der Waals surface area contributed by atoms with E-state index in [1.807, 2.05) is 19.1 Å². The lowest BCUT2D eigenvalue weighted by molar-refractivity contribution is -0.144. The lowest BCUT2D eigenvalue weighted by atomic mass is 10.1. The fourth-order valence-corrected chi connectivity index (χ4v) is 3.29. The number of benzene rings is 1. The van der Waals surface area contributed by atoms with Gasteiger partial charge in [-0.2, -0.15) is 0 Å². The van der Waals surface area contributed by atoms with Gasteiger partial charge >= 0.3 is 5.97 Å². The highest BCUT2D eigenvalue weighted by molar-refractivity contribution is 7.19. The number of rotatable bonds is 3. The lowest BCUT2D eigenvalue weighted by Crippen LogP contribution is -2.18. The first kappa shape index (κ1) is 11.7. The van der Waals surface area contributed by atoms with Crippen LogP contribution in [0.25, 0.3) is 10.1 Å². The van der Waals surface area contributed by atoms with E-state index in [9.17, 15) is 4.79 Å². The van der Waals surface area contributed by atoms with E-state index in [1.165, 1.54) is 10.1 Å². The van der Waals surface area contributed by atoms with Gasteiger partial charge in [0, 0.05) is 9.58 Å². The minimum Gasteiger partial charge on any atom is -0.464 e. The van der Waals surface area contributed by atoms with Crippen LogP contribution in [-0.2, 0) is 19.9 Å². The number of thiophene rings is 1. The maximum absolute atomic E-state index is 11.7. The molecule has 0 N–H and O–H groups in total. The van der Waals surface area contributed by atoms with Crippen molar-refractivity contribution in [1.82, 2.24) is 0 Å². The molecule has 0 aliphatic carbocycles. The molecule has 3 nitrogen and oxygen atoms in total. The summed E-state index contributed by atoms with van der Waals surface area (Å²) in [5, 5.41) is 1.19. The van der Waals surface area contributed by atoms with Gasteiger partial charge in [-0.3, -0.25) is 0 Å². The van der Waals surface area contributed by atoms with Crippen molar-refractivity contribution in [2.24, 2.45) is 0 Å². The van der Waals surface area contributed by atoms with Crippen molar-refractivity contribution in [3.63, 3.8) is 0 Å². The Balaban J connectivity index is 1.89. The van der Waals surface area contributed by atoms with E-state index in [4.69, 9.17) is 9.47 Å². The van der Waals surface area contributed by atoms with Gasteiger partial charge in [-0.15, -0.1) is 11.3 Å². The van der Waals surface area contributed by atoms with Gasteiger partial charge in [-0.1, -0.05) is 18.2 Å². The fraction of sp³-hybridized carbons (Fsp3) is 0.357. The molecule has 0 bridgehead atoms. The predicted molar refractivity (Wildman–Crippen MR) is 70.7 cm³/mol. The highest BCUT2D eigenvalue weighted by atomic mass is 32.1. The minimum absolute atomic E-state index is 0.266. The van der Waals surface area contributed by atoms with Crippen LogP contribution in [0.3, 0.4) is 0 Å². The molecule has 1 saturated heterocycles. The van der Waals surface area contributed by atoms with Gasteiger partial charge in [-0.05, 0) is 31.4 Å². The van der Waals surface area contributed by atoms with Gasteiger partial charge in [0.05, 0.1) is 6.61 Å². The third-order valence-electron chi connectivity index (χ3n) is 3.22. The van der Waals surface area contributed by atoms with Crippen LogP contribution in [0.15, 0.2) is 30.3 Å². The Morgan fingerprint density at radius 1 is 1.50 bits per heavy atom. The van der Waals surface area contributed by atoms with Crippen LogP contribution in [0.1, 0.15) is 18.7 Å². The average Bonchev–Trinajstić information content (AvgIpc) is 2.88. The maximum Gasteiger partial charge on any atom is 0.338 e. The quantitative estimate of drug-likeness (QED) is 0.630. The van der Waals surface area contributed by atoms with Gasteiger partial charge in [-0.25, -0.2) is 4.79 Å². The molecule has 0 saturated carbocycles. The molecule has 2 heterocycles. The number of fused-ring (bicyclic) bond motifs is 1. The summed E-state index contributed by atoms with van der Waals surface area (Å²) in [4.78, 5) is 12.8. The zero-order valence-corrected chi connectivity index (χ0v) is 11.1. The summed E-state index contributed by atoms with van der Waals surface area (Å²) in [5.41, 5.74) is -0.504. The molecule has 0 spiro atoms. The molecule has 2 unspecified atom stereocenters. The Kier molecular flexibility index (Phi) is 2.64. The molecule has 1 fully saturated rings. The van der Waals surface area contributed by atoms with Crippen LogP contribution in [0.2, 0.25) is 0 Å². The molecule has 1 aliphatic rings. The summed E-state index contributed by atoms with van der Waals surface area (Å²) in [6, 6.07) is 10.3. The van der Waals surface area contributed by atoms with E-state index in [-0.39, 0.29) is 5.97 Å². The van der Waals surface area contributed by atoms with E-state index in [2.05, 4.69) is 18.2 Å². The Hall–Kier alpha value is -1.39. The molecule has 0 radical (unpaired) electrons. The first-order chi connectivity index (χ1) is 8.65. The Morgan fingerprint density at radius 2 is 2.28 bits per heavy atom. The molecule has 1 aliphatic heterocycles. The number of ether oxygens (including phenoxy) is 2. The second-order valence-corrected chi connectivity index (χ2v) is 5.59. The van der Waals surface area contributed by atoms with Crippen LogP contribution in [0.5, 0.6) is 0 Å². The van der Waals surface area contributed by atoms with Crippen molar-refractivity contribution in [2.45, 2.75) is 25.6 Å². The lowest BCUT2D eigenvalue weighted by Gasteiger charge is -2.02. The molecule has 2 atom stereocenters. The standard InChI is InChI=1S/C14H14O3S/c1-3-16-13(15)12-14(2,17-12)11-8-9-6-4-5-7-10(9)18-11/h4-8,12H,3H2,1-2H3. The smallest absolute Gasteiger partial charge is 0.338 e. The Bertz CT molecular complexity index is 571. The van der Waals surface area contributed by atoms with Crippen molar-refractivity contribution < 1.29 is 14.3 Å². The topological polar surface area (TPSA) is 38.8 Å². The van der Waals surface area contributed by atoms with Crippen molar-refractivity contribution in [2.75, 3.05) is 6.61 Å². The van der Waals surface area contributed by atoms with Crippen LogP contribution in [-0.4, -0.2) is 18.7 Å². The van der Waals surface area contributed by atoms with Crippen LogP contribution in [0.4, 0.5) is 0 Å². The number of esters is 1. The summed E-state index contributed by atoms with van der Waals surface area (Å²) in [7, 11) is 0. The monoisotopic (exact) mass is 262 g/mol. The van der Waals surface area contributed by atoms with Crippen molar-refractivity contribution in [3.05, 3.63) is 35.2 Å². The van der Waals surface area contributed by atoms with Crippen molar-refractivity contribution >= 4 is 27.4 Å². The summed E-state index contributed by atoms with van der Waals surface area (Å²) < 4.78 is 11.8. The van der Waals surface area contributed by atoms with Crippen LogP contribution in [0, 0.1) is 0 Å². The third-order valence-corrected chi connectivity index (χ3v) is 4.56. The Labute approximate surface area is 109 Å². The average molecular weight is 262 g/mol. The number of carbonyl (C=O) groups is 1. The highest BCUT2D eigenvalue weighted by Gasteiger charge is 2.60. The number of carbonyl (C=O) groups excluding carboxylic acids is 1. The third kappa shape index (κ3) is 1.72. The minimum atomic E-state index is -0.504. The molecule has 1 aromatic heterocycles. The maximum atomic E-state index is 11.7. The predicted octanol–water partition coefficient (Wildman–Crippen LogP) is 3.08. The van der Waals surface area contributed by atoms with Gasteiger partial charge in [0.25, 0.3) is 0 Å². The van der Waals surface area contributed by atoms with Crippen molar-refractivity contribution in [1.29, 1.82) is 0 Å². The first-order valence-corrected chi connectivity index (χ1v) is 6.80. The zero-order chi connectivity index (χ0) is 12.8. The van der Waals surface area contributed by atoms with E-state index in [0.29, 0.717) is 6.61 Å². The van der Waals surface area contributed by atoms with Gasteiger partial charge < -0.3 is 9.47 Å². The summed E-state index contributed by atoms with van der Waals surface area (Å²) in [5.74, 6) is -0.266. The van der Waals surface area contributed by atoms with Crippen LogP contribution < -0.4 is 0 Å². The number of hydrogen-bond acceptors (Lipinski definition) is 4. The second kappa shape index (κ2) is 4.07. The molecule has 0 amide bonds. The molecule has 3 rings (SSSR count). The largest absolute Gasteiger partial charge is 0.464 e. The molecule has 18 heavy (non-hydrogen) atoms. The SMILES string of the molecule is CCOC(=O)C1OC1(C)c1cc2ccccc2s1. The zero-order valence-electron chi connectivity index (χ0n) is 10.3. The normalized spacial score (nSPS) is 26.2. The van der Waals surface area contributed by atoms with E-state index < -0.39 is 11.7 Å². The number of epoxide rings is 1. The highest BCUT2D eigenvalue weighted by Crippen LogP contribution is 2.50. The molecule has 2 aromatic rings. The van der Waals surface area contributed by atoms with Gasteiger partial charge in [0.2, 0.25) is 0 Å². The van der Waals surface area contributed by atoms with Crippen molar-refractivity contribution in [3.8, 4) is 0 Å². The number of hydrogen-bond donors (Lipinski definition) is 0. The fourth-order valence-electron chi connectivity index (χ4n) is 2.12. The second-order valence-electron chi connectivity index (χ2n) is 4.51. The summed E-state index contributed by atoms with van der Waals surface area (Å²) in [6.45, 7) is 4.14. The molecular formula is C14H14O3S. The molecule has 1 aromatic carbocycles. The summed E-state index contributed by atoms with van der Waals surface area (Å²) >= 11 is 1.67. The van der Waals surface area contributed by atoms with E-state index in [1.54, 1.807) is 18.3 Å². The van der Waals surface area contributed by atoms with Gasteiger partial charge in [0.15, 0.2) is 6.10 Å². The molecule has 94 valence electrons. The Morgan fingerprint density at radius 3 is 3.00 bits per heavy atom. The van der Waals surface area contributed by atoms with Crippen LogP contribution >= 0.6 is 11.3 Å². The molecular weight excluding hydrogens is 248 g/mol. The van der Waals surface area contributed by atoms with E-state index >= 15 is 0 Å². The van der Waals surface area contributed by atoms with Gasteiger partial charge in [0.1, 0.15) is 5.60 Å². The molecule has 4 heteroatoms.